The van der Waals surface area contributed by atoms with Gasteiger partial charge in [-0.2, -0.15) is 0 Å². The molecule has 0 aliphatic carbocycles. The summed E-state index contributed by atoms with van der Waals surface area (Å²) >= 11 is 0. The summed E-state index contributed by atoms with van der Waals surface area (Å²) in [6.07, 6.45) is 0.859. The highest BCUT2D eigenvalue weighted by Crippen LogP contribution is 2.18. The Kier molecular flexibility index (Phi) is 5.22. The zero-order chi connectivity index (χ0) is 15.3. The first-order valence-corrected chi connectivity index (χ1v) is 8.29. The van der Waals surface area contributed by atoms with E-state index in [2.05, 4.69) is 5.32 Å². The van der Waals surface area contributed by atoms with Gasteiger partial charge in [0.2, 0.25) is 0 Å². The van der Waals surface area contributed by atoms with E-state index in [0.717, 1.165) is 0 Å². The molecule has 1 aromatic rings. The molecule has 0 aromatic heterocycles. The number of aliphatic hydroxyl groups is 1. The summed E-state index contributed by atoms with van der Waals surface area (Å²) in [7, 11) is -1.51. The van der Waals surface area contributed by atoms with E-state index < -0.39 is 15.9 Å². The predicted molar refractivity (Wildman–Crippen MR) is 79.2 cm³/mol. The molecule has 7 heteroatoms. The summed E-state index contributed by atoms with van der Waals surface area (Å²) < 4.78 is 33.0. The molecule has 0 saturated heterocycles. The summed E-state index contributed by atoms with van der Waals surface area (Å²) in [5, 5.41) is 14.0. The topological polar surface area (TPSA) is 84.9 Å². The van der Waals surface area contributed by atoms with E-state index in [1.807, 2.05) is 0 Å². The minimum absolute atomic E-state index is 0.0382. The number of nitrogens with one attached hydrogen (secondary N) is 1. The lowest BCUT2D eigenvalue weighted by atomic mass is 10.3. The van der Waals surface area contributed by atoms with E-state index >= 15 is 0 Å². The van der Waals surface area contributed by atoms with E-state index in [9.17, 15) is 13.5 Å². The maximum absolute atomic E-state index is 11.2. The van der Waals surface area contributed by atoms with Gasteiger partial charge in [0.1, 0.15) is 24.2 Å². The highest BCUT2D eigenvalue weighted by atomic mass is 32.2. The smallest absolute Gasteiger partial charge is 0.173 e. The number of aliphatic hydroxyl groups excluding tert-OH is 1. The Bertz CT molecular complexity index is 599. The number of methoxy groups -OCH3 is 1. The Morgan fingerprint density at radius 2 is 2.19 bits per heavy atom. The highest BCUT2D eigenvalue weighted by molar-refractivity contribution is 7.94. The average molecular weight is 313 g/mol. The quantitative estimate of drug-likeness (QED) is 0.755. The SMILES string of the molecule is COc1cccc(OCC(O)CNC2C=CS(=O)(=O)C2)c1. The van der Waals surface area contributed by atoms with Crippen molar-refractivity contribution in [3.8, 4) is 11.5 Å². The molecule has 116 valence electrons. The summed E-state index contributed by atoms with van der Waals surface area (Å²) in [5.74, 6) is 1.33. The van der Waals surface area contributed by atoms with Gasteiger partial charge >= 0.3 is 0 Å². The zero-order valence-electron chi connectivity index (χ0n) is 11.7. The van der Waals surface area contributed by atoms with Gasteiger partial charge in [-0.15, -0.1) is 0 Å². The highest BCUT2D eigenvalue weighted by Gasteiger charge is 2.21. The monoisotopic (exact) mass is 313 g/mol. The maximum Gasteiger partial charge on any atom is 0.173 e. The van der Waals surface area contributed by atoms with Crippen molar-refractivity contribution in [3.05, 3.63) is 35.7 Å². The van der Waals surface area contributed by atoms with Crippen LogP contribution in [0.3, 0.4) is 0 Å². The van der Waals surface area contributed by atoms with Crippen molar-refractivity contribution in [1.82, 2.24) is 5.32 Å². The molecule has 1 heterocycles. The summed E-state index contributed by atoms with van der Waals surface area (Å²) in [6.45, 7) is 0.373. The molecular formula is C14H19NO5S. The Hall–Kier alpha value is -1.57. The van der Waals surface area contributed by atoms with Crippen LogP contribution in [0.1, 0.15) is 0 Å². The fourth-order valence-corrected chi connectivity index (χ4v) is 3.20. The van der Waals surface area contributed by atoms with Gasteiger partial charge < -0.3 is 19.9 Å². The van der Waals surface area contributed by atoms with Crippen LogP contribution in [0.25, 0.3) is 0 Å². The largest absolute Gasteiger partial charge is 0.497 e. The van der Waals surface area contributed by atoms with Crippen LogP contribution < -0.4 is 14.8 Å². The Morgan fingerprint density at radius 3 is 2.86 bits per heavy atom. The van der Waals surface area contributed by atoms with Crippen molar-refractivity contribution in [2.75, 3.05) is 26.0 Å². The molecule has 0 saturated carbocycles. The van der Waals surface area contributed by atoms with Gasteiger partial charge in [0.05, 0.1) is 12.9 Å². The minimum atomic E-state index is -3.08. The second-order valence-electron chi connectivity index (χ2n) is 4.82. The lowest BCUT2D eigenvalue weighted by Crippen LogP contribution is -2.38. The van der Waals surface area contributed by atoms with Crippen LogP contribution in [-0.2, 0) is 9.84 Å². The third-order valence-electron chi connectivity index (χ3n) is 3.03. The second-order valence-corrected chi connectivity index (χ2v) is 6.75. The molecule has 1 aliphatic rings. The van der Waals surface area contributed by atoms with Gasteiger partial charge in [0.15, 0.2) is 9.84 Å². The fraction of sp³-hybridized carbons (Fsp3) is 0.429. The zero-order valence-corrected chi connectivity index (χ0v) is 12.5. The van der Waals surface area contributed by atoms with E-state index in [1.165, 1.54) is 5.41 Å². The molecule has 0 amide bonds. The summed E-state index contributed by atoms with van der Waals surface area (Å²) in [6, 6.07) is 6.85. The van der Waals surface area contributed by atoms with E-state index in [-0.39, 0.29) is 24.9 Å². The average Bonchev–Trinajstić information content (AvgIpc) is 2.82. The number of hydrogen-bond acceptors (Lipinski definition) is 6. The molecule has 2 N–H and O–H groups in total. The van der Waals surface area contributed by atoms with Gasteiger partial charge in [-0.3, -0.25) is 0 Å². The van der Waals surface area contributed by atoms with Gasteiger partial charge in [-0.05, 0) is 12.1 Å². The molecule has 2 atom stereocenters. The molecule has 21 heavy (non-hydrogen) atoms. The molecule has 1 aromatic carbocycles. The van der Waals surface area contributed by atoms with Crippen molar-refractivity contribution in [2.45, 2.75) is 12.1 Å². The van der Waals surface area contributed by atoms with E-state index in [4.69, 9.17) is 9.47 Å². The predicted octanol–water partition coefficient (Wildman–Crippen LogP) is 0.335. The van der Waals surface area contributed by atoms with Gasteiger partial charge in [0.25, 0.3) is 0 Å². The normalized spacial score (nSPS) is 21.1. The third-order valence-corrected chi connectivity index (χ3v) is 4.42. The van der Waals surface area contributed by atoms with Crippen LogP contribution in [0.2, 0.25) is 0 Å². The molecule has 0 fully saturated rings. The molecule has 1 aliphatic heterocycles. The molecule has 2 unspecified atom stereocenters. The maximum atomic E-state index is 11.2. The first kappa shape index (κ1) is 15.8. The molecule has 0 bridgehead atoms. The second kappa shape index (κ2) is 6.93. The van der Waals surface area contributed by atoms with Crippen molar-refractivity contribution >= 4 is 9.84 Å². The first-order valence-electron chi connectivity index (χ1n) is 6.58. The number of benzene rings is 1. The first-order chi connectivity index (χ1) is 9.98. The summed E-state index contributed by atoms with van der Waals surface area (Å²) in [4.78, 5) is 0. The molecule has 0 radical (unpaired) electrons. The number of rotatable bonds is 7. The van der Waals surface area contributed by atoms with Crippen molar-refractivity contribution in [1.29, 1.82) is 0 Å². The third kappa shape index (κ3) is 5.04. The van der Waals surface area contributed by atoms with Crippen molar-refractivity contribution in [2.24, 2.45) is 0 Å². The van der Waals surface area contributed by atoms with Crippen LogP contribution in [0.4, 0.5) is 0 Å². The minimum Gasteiger partial charge on any atom is -0.497 e. The van der Waals surface area contributed by atoms with Crippen LogP contribution in [0, 0.1) is 0 Å². The molecule has 0 spiro atoms. The Morgan fingerprint density at radius 1 is 1.43 bits per heavy atom. The number of hydrogen-bond donors (Lipinski definition) is 2. The van der Waals surface area contributed by atoms with Gasteiger partial charge in [0, 0.05) is 24.1 Å². The molecule has 6 nitrogen and oxygen atoms in total. The Balaban J connectivity index is 1.72. The molecular weight excluding hydrogens is 294 g/mol. The van der Waals surface area contributed by atoms with E-state index in [1.54, 1.807) is 37.5 Å². The lowest BCUT2D eigenvalue weighted by molar-refractivity contribution is 0.105. The van der Waals surface area contributed by atoms with Crippen LogP contribution in [0.15, 0.2) is 35.7 Å². The standard InChI is InChI=1S/C14H19NO5S/c1-19-13-3-2-4-14(7-13)20-9-12(16)8-15-11-5-6-21(17,18)10-11/h2-7,11-12,15-16H,8-10H2,1H3. The number of ether oxygens (including phenoxy) is 2. The fourth-order valence-electron chi connectivity index (χ4n) is 1.93. The lowest BCUT2D eigenvalue weighted by Gasteiger charge is -2.16. The van der Waals surface area contributed by atoms with Crippen molar-refractivity contribution < 1.29 is 23.0 Å². The number of sulfone groups is 1. The van der Waals surface area contributed by atoms with Crippen LogP contribution in [-0.4, -0.2) is 51.7 Å². The summed E-state index contributed by atoms with van der Waals surface area (Å²) in [5.41, 5.74) is 0. The van der Waals surface area contributed by atoms with E-state index in [0.29, 0.717) is 11.5 Å². The van der Waals surface area contributed by atoms with Gasteiger partial charge in [-0.25, -0.2) is 8.42 Å². The van der Waals surface area contributed by atoms with Crippen LogP contribution in [0.5, 0.6) is 11.5 Å². The van der Waals surface area contributed by atoms with Crippen molar-refractivity contribution in [3.63, 3.8) is 0 Å². The van der Waals surface area contributed by atoms with Gasteiger partial charge in [-0.1, -0.05) is 12.1 Å². The van der Waals surface area contributed by atoms with Crippen LogP contribution >= 0.6 is 0 Å². The Labute approximate surface area is 124 Å². The molecule has 2 rings (SSSR count).